The molecule has 6 heteroatoms. The highest BCUT2D eigenvalue weighted by molar-refractivity contribution is 5.47. The molecular weight excluding hydrogens is 264 g/mol. The molecule has 0 unspecified atom stereocenters. The molecule has 2 aromatic heterocycles. The minimum Gasteiger partial charge on any atom is -0.347 e. The fourth-order valence-electron chi connectivity index (χ4n) is 2.71. The van der Waals surface area contributed by atoms with Crippen molar-refractivity contribution in [1.29, 1.82) is 0 Å². The van der Waals surface area contributed by atoms with Crippen molar-refractivity contribution in [1.82, 2.24) is 25.1 Å². The number of rotatable bonds is 5. The molecule has 2 aromatic rings. The first-order valence-corrected chi connectivity index (χ1v) is 7.56. The molecule has 0 atom stereocenters. The molecule has 0 aliphatic carbocycles. The van der Waals surface area contributed by atoms with E-state index in [-0.39, 0.29) is 0 Å². The highest BCUT2D eigenvalue weighted by atomic mass is 15.3. The number of fused-ring (bicyclic) bond motifs is 1. The molecule has 6 nitrogen and oxygen atoms in total. The smallest absolute Gasteiger partial charge is 0.152 e. The monoisotopic (exact) mass is 286 g/mol. The van der Waals surface area contributed by atoms with E-state index in [0.29, 0.717) is 0 Å². The predicted octanol–water partition coefficient (Wildman–Crippen LogP) is 1.50. The first-order valence-electron chi connectivity index (χ1n) is 7.56. The maximum Gasteiger partial charge on any atom is 0.152 e. The highest BCUT2D eigenvalue weighted by Gasteiger charge is 2.19. The van der Waals surface area contributed by atoms with Crippen LogP contribution in [0, 0.1) is 6.92 Å². The van der Waals surface area contributed by atoms with Crippen LogP contribution in [-0.2, 0) is 19.6 Å². The first-order chi connectivity index (χ1) is 10.3. The number of aryl methyl sites for hydroxylation is 1. The second kappa shape index (κ2) is 6.22. The molecular formula is C15H22N6. The van der Waals surface area contributed by atoms with E-state index in [0.717, 1.165) is 50.8 Å². The van der Waals surface area contributed by atoms with Crippen LogP contribution in [0.1, 0.15) is 30.3 Å². The summed E-state index contributed by atoms with van der Waals surface area (Å²) in [6, 6.07) is 2.23. The van der Waals surface area contributed by atoms with Crippen LogP contribution in [0.15, 0.2) is 18.6 Å². The van der Waals surface area contributed by atoms with Crippen LogP contribution >= 0.6 is 0 Å². The van der Waals surface area contributed by atoms with Gasteiger partial charge in [-0.05, 0) is 37.1 Å². The van der Waals surface area contributed by atoms with Gasteiger partial charge in [-0.15, -0.1) is 10.2 Å². The second-order valence-corrected chi connectivity index (χ2v) is 5.52. The standard InChI is InChI=1S/C15H22N6/c1-3-4-16-8-13-7-12(2)15(17-9-13)20-5-6-21-11-18-19-14(21)10-20/h7,9,11,16H,3-6,8,10H2,1-2H3. The van der Waals surface area contributed by atoms with Gasteiger partial charge >= 0.3 is 0 Å². The molecule has 0 spiro atoms. The van der Waals surface area contributed by atoms with Gasteiger partial charge in [-0.1, -0.05) is 6.92 Å². The summed E-state index contributed by atoms with van der Waals surface area (Å²) in [4.78, 5) is 6.95. The van der Waals surface area contributed by atoms with Crippen molar-refractivity contribution < 1.29 is 0 Å². The minimum absolute atomic E-state index is 0.779. The molecule has 3 rings (SSSR count). The summed E-state index contributed by atoms with van der Waals surface area (Å²) in [5.41, 5.74) is 2.46. The van der Waals surface area contributed by atoms with E-state index in [2.05, 4.69) is 49.9 Å². The molecule has 3 heterocycles. The molecule has 0 saturated heterocycles. The number of pyridine rings is 1. The van der Waals surface area contributed by atoms with Gasteiger partial charge in [0.25, 0.3) is 0 Å². The maximum absolute atomic E-state index is 4.67. The van der Waals surface area contributed by atoms with Gasteiger partial charge in [0.15, 0.2) is 5.82 Å². The molecule has 0 radical (unpaired) electrons. The summed E-state index contributed by atoms with van der Waals surface area (Å²) in [6.45, 7) is 8.88. The highest BCUT2D eigenvalue weighted by Crippen LogP contribution is 2.22. The number of nitrogens with zero attached hydrogens (tertiary/aromatic N) is 5. The van der Waals surface area contributed by atoms with Crippen LogP contribution in [0.25, 0.3) is 0 Å². The lowest BCUT2D eigenvalue weighted by Gasteiger charge is -2.29. The van der Waals surface area contributed by atoms with Crippen LogP contribution in [0.2, 0.25) is 0 Å². The van der Waals surface area contributed by atoms with Crippen LogP contribution in [0.4, 0.5) is 5.82 Å². The van der Waals surface area contributed by atoms with E-state index in [1.54, 1.807) is 6.33 Å². The lowest BCUT2D eigenvalue weighted by atomic mass is 10.2. The van der Waals surface area contributed by atoms with E-state index in [1.807, 2.05) is 6.20 Å². The zero-order valence-electron chi connectivity index (χ0n) is 12.7. The number of hydrogen-bond acceptors (Lipinski definition) is 5. The Hall–Kier alpha value is -1.95. The van der Waals surface area contributed by atoms with Crippen molar-refractivity contribution in [3.63, 3.8) is 0 Å². The third kappa shape index (κ3) is 3.05. The number of hydrogen-bond donors (Lipinski definition) is 1. The van der Waals surface area contributed by atoms with E-state index in [9.17, 15) is 0 Å². The van der Waals surface area contributed by atoms with Crippen molar-refractivity contribution in [3.8, 4) is 0 Å². The summed E-state index contributed by atoms with van der Waals surface area (Å²) >= 11 is 0. The van der Waals surface area contributed by atoms with Gasteiger partial charge in [-0.25, -0.2) is 4.98 Å². The fourth-order valence-corrected chi connectivity index (χ4v) is 2.71. The van der Waals surface area contributed by atoms with Gasteiger partial charge in [0.05, 0.1) is 6.54 Å². The lowest BCUT2D eigenvalue weighted by Crippen LogP contribution is -2.34. The van der Waals surface area contributed by atoms with Crippen molar-refractivity contribution >= 4 is 5.82 Å². The summed E-state index contributed by atoms with van der Waals surface area (Å²) in [5.74, 6) is 2.07. The van der Waals surface area contributed by atoms with Gasteiger partial charge < -0.3 is 14.8 Å². The molecule has 1 aliphatic heterocycles. The summed E-state index contributed by atoms with van der Waals surface area (Å²) < 4.78 is 2.11. The Balaban J connectivity index is 1.71. The molecule has 0 amide bonds. The van der Waals surface area contributed by atoms with Crippen LogP contribution in [-0.4, -0.2) is 32.8 Å². The molecule has 0 fully saturated rings. The minimum atomic E-state index is 0.779. The van der Waals surface area contributed by atoms with E-state index >= 15 is 0 Å². The molecule has 0 saturated carbocycles. The average Bonchev–Trinajstić information content (AvgIpc) is 2.95. The zero-order chi connectivity index (χ0) is 14.7. The second-order valence-electron chi connectivity index (χ2n) is 5.52. The van der Waals surface area contributed by atoms with Gasteiger partial charge in [-0.2, -0.15) is 0 Å². The summed E-state index contributed by atoms with van der Waals surface area (Å²) in [6.07, 6.45) is 4.93. The predicted molar refractivity (Wildman–Crippen MR) is 82.0 cm³/mol. The van der Waals surface area contributed by atoms with E-state index in [1.165, 1.54) is 11.1 Å². The maximum atomic E-state index is 4.67. The van der Waals surface area contributed by atoms with Crippen LogP contribution in [0.3, 0.4) is 0 Å². The molecule has 0 bridgehead atoms. The zero-order valence-corrected chi connectivity index (χ0v) is 12.7. The van der Waals surface area contributed by atoms with Gasteiger partial charge in [-0.3, -0.25) is 0 Å². The Morgan fingerprint density at radius 3 is 3.05 bits per heavy atom. The lowest BCUT2D eigenvalue weighted by molar-refractivity contribution is 0.555. The van der Waals surface area contributed by atoms with Crippen molar-refractivity contribution in [2.75, 3.05) is 18.0 Å². The Kier molecular flexibility index (Phi) is 4.15. The number of aromatic nitrogens is 4. The Morgan fingerprint density at radius 1 is 1.33 bits per heavy atom. The van der Waals surface area contributed by atoms with Crippen LogP contribution < -0.4 is 10.2 Å². The Labute approximate surface area is 125 Å². The third-order valence-electron chi connectivity index (χ3n) is 3.80. The fraction of sp³-hybridized carbons (Fsp3) is 0.533. The van der Waals surface area contributed by atoms with Crippen molar-refractivity contribution in [2.24, 2.45) is 0 Å². The van der Waals surface area contributed by atoms with E-state index in [4.69, 9.17) is 0 Å². The molecule has 112 valence electrons. The average molecular weight is 286 g/mol. The molecule has 0 aromatic carbocycles. The Morgan fingerprint density at radius 2 is 2.24 bits per heavy atom. The van der Waals surface area contributed by atoms with E-state index < -0.39 is 0 Å². The van der Waals surface area contributed by atoms with Gasteiger partial charge in [0, 0.05) is 25.8 Å². The first kappa shape index (κ1) is 14.0. The van der Waals surface area contributed by atoms with Gasteiger partial charge in [0.1, 0.15) is 12.1 Å². The normalized spacial score (nSPS) is 14.3. The third-order valence-corrected chi connectivity index (χ3v) is 3.80. The topological polar surface area (TPSA) is 58.9 Å². The molecule has 21 heavy (non-hydrogen) atoms. The Bertz CT molecular complexity index is 606. The van der Waals surface area contributed by atoms with Gasteiger partial charge in [0.2, 0.25) is 0 Å². The van der Waals surface area contributed by atoms with Crippen molar-refractivity contribution in [3.05, 3.63) is 35.5 Å². The summed E-state index contributed by atoms with van der Waals surface area (Å²) in [7, 11) is 0. The number of anilines is 1. The number of nitrogens with one attached hydrogen (secondary N) is 1. The molecule has 1 N–H and O–H groups in total. The largest absolute Gasteiger partial charge is 0.347 e. The molecule has 1 aliphatic rings. The summed E-state index contributed by atoms with van der Waals surface area (Å²) in [5, 5.41) is 11.5. The van der Waals surface area contributed by atoms with Crippen LogP contribution in [0.5, 0.6) is 0 Å². The quantitative estimate of drug-likeness (QED) is 0.844. The SMILES string of the molecule is CCCNCc1cnc(N2CCn3cnnc3C2)c(C)c1. The van der Waals surface area contributed by atoms with Crippen molar-refractivity contribution in [2.45, 2.75) is 39.9 Å².